The van der Waals surface area contributed by atoms with Crippen molar-refractivity contribution in [2.75, 3.05) is 10.7 Å². The van der Waals surface area contributed by atoms with Gasteiger partial charge in [-0.1, -0.05) is 60.2 Å². The average Bonchev–Trinajstić information content (AvgIpc) is 3.45. The van der Waals surface area contributed by atoms with Crippen molar-refractivity contribution in [1.82, 2.24) is 15.2 Å². The maximum Gasteiger partial charge on any atom is 0.332 e. The molecule has 1 fully saturated rings. The number of nitrogens with one attached hydrogen (secondary N) is 2. The second-order valence-corrected chi connectivity index (χ2v) is 10.4. The monoisotopic (exact) mass is 554 g/mol. The molecule has 0 aliphatic carbocycles. The first-order valence-electron chi connectivity index (χ1n) is 12.9. The molecule has 0 bridgehead atoms. The number of amides is 4. The van der Waals surface area contributed by atoms with Gasteiger partial charge in [0.15, 0.2) is 0 Å². The molecular weight excluding hydrogens is 528 g/mol. The van der Waals surface area contributed by atoms with Crippen molar-refractivity contribution in [3.8, 4) is 0 Å². The van der Waals surface area contributed by atoms with Crippen molar-refractivity contribution in [2.45, 2.75) is 31.5 Å². The summed E-state index contributed by atoms with van der Waals surface area (Å²) in [5.74, 6) is -2.51. The van der Waals surface area contributed by atoms with Gasteiger partial charge in [0.1, 0.15) is 18.1 Å². The molecule has 0 radical (unpaired) electrons. The summed E-state index contributed by atoms with van der Waals surface area (Å²) in [6.07, 6.45) is 0.317. The van der Waals surface area contributed by atoms with E-state index in [1.165, 1.54) is 12.1 Å². The van der Waals surface area contributed by atoms with Gasteiger partial charge in [0.25, 0.3) is 11.8 Å². The number of thiol groups is 1. The summed E-state index contributed by atoms with van der Waals surface area (Å²) >= 11 is 4.01. The van der Waals surface area contributed by atoms with E-state index in [-0.39, 0.29) is 17.0 Å². The SMILES string of the molecule is Cc1ccc(C2c3[nH]c4ccccc4c3CC3C(=O)N(c4ccccc4C(=O)NC(CS)C(=O)O)C(=O)N32)cc1. The normalized spacial score (nSPS) is 18.9. The van der Waals surface area contributed by atoms with Gasteiger partial charge < -0.3 is 15.4 Å². The van der Waals surface area contributed by atoms with E-state index in [4.69, 9.17) is 0 Å². The number of anilines is 1. The van der Waals surface area contributed by atoms with E-state index >= 15 is 0 Å². The fourth-order valence-corrected chi connectivity index (χ4v) is 5.92. The molecule has 2 aliphatic heterocycles. The summed E-state index contributed by atoms with van der Waals surface area (Å²) in [5, 5.41) is 12.8. The molecule has 1 aromatic heterocycles. The van der Waals surface area contributed by atoms with Crippen LogP contribution in [0.5, 0.6) is 0 Å². The molecule has 3 atom stereocenters. The molecule has 3 aromatic carbocycles. The fourth-order valence-electron chi connectivity index (χ4n) is 5.67. The maximum atomic E-state index is 14.2. The van der Waals surface area contributed by atoms with Crippen LogP contribution in [-0.2, 0) is 16.0 Å². The van der Waals surface area contributed by atoms with Gasteiger partial charge in [0.05, 0.1) is 11.3 Å². The van der Waals surface area contributed by atoms with Crippen LogP contribution in [0.15, 0.2) is 72.8 Å². The summed E-state index contributed by atoms with van der Waals surface area (Å²) in [6.45, 7) is 1.98. The zero-order valence-corrected chi connectivity index (χ0v) is 22.4. The number of hydrogen-bond acceptors (Lipinski definition) is 5. The summed E-state index contributed by atoms with van der Waals surface area (Å²) in [4.78, 5) is 59.0. The van der Waals surface area contributed by atoms with E-state index in [0.29, 0.717) is 6.42 Å². The summed E-state index contributed by atoms with van der Waals surface area (Å²) in [7, 11) is 0. The molecule has 10 heteroatoms. The lowest BCUT2D eigenvalue weighted by atomic mass is 9.88. The van der Waals surface area contributed by atoms with E-state index in [2.05, 4.69) is 22.9 Å². The zero-order valence-electron chi connectivity index (χ0n) is 21.5. The van der Waals surface area contributed by atoms with E-state index in [1.54, 1.807) is 17.0 Å². The number of nitrogens with zero attached hydrogens (tertiary/aromatic N) is 2. The number of aromatic nitrogens is 1. The van der Waals surface area contributed by atoms with Gasteiger partial charge in [0, 0.05) is 28.8 Å². The molecule has 3 heterocycles. The number of carboxylic acids is 1. The largest absolute Gasteiger partial charge is 0.480 e. The maximum absolute atomic E-state index is 14.2. The number of aliphatic carboxylic acids is 1. The predicted octanol–water partition coefficient (Wildman–Crippen LogP) is 4.07. The zero-order chi connectivity index (χ0) is 28.1. The number of fused-ring (bicyclic) bond motifs is 4. The molecule has 2 aliphatic rings. The van der Waals surface area contributed by atoms with Crippen LogP contribution in [0, 0.1) is 6.92 Å². The number of hydrogen-bond donors (Lipinski definition) is 4. The van der Waals surface area contributed by atoms with Gasteiger partial charge in [-0.25, -0.2) is 14.5 Å². The molecule has 202 valence electrons. The van der Waals surface area contributed by atoms with Crippen LogP contribution in [0.4, 0.5) is 10.5 Å². The van der Waals surface area contributed by atoms with Crippen molar-refractivity contribution in [2.24, 2.45) is 0 Å². The van der Waals surface area contributed by atoms with Crippen molar-refractivity contribution < 1.29 is 24.3 Å². The highest BCUT2D eigenvalue weighted by Gasteiger charge is 2.53. The van der Waals surface area contributed by atoms with Crippen LogP contribution >= 0.6 is 12.6 Å². The van der Waals surface area contributed by atoms with Crippen molar-refractivity contribution in [1.29, 1.82) is 0 Å². The predicted molar refractivity (Wildman–Crippen MR) is 153 cm³/mol. The number of rotatable bonds is 6. The lowest BCUT2D eigenvalue weighted by molar-refractivity contribution is -0.138. The molecule has 4 aromatic rings. The van der Waals surface area contributed by atoms with E-state index in [1.807, 2.05) is 55.5 Å². The molecule has 0 spiro atoms. The average molecular weight is 555 g/mol. The lowest BCUT2D eigenvalue weighted by Crippen LogP contribution is -2.44. The Bertz CT molecular complexity index is 1680. The Morgan fingerprint density at radius 2 is 1.75 bits per heavy atom. The van der Waals surface area contributed by atoms with Crippen molar-refractivity contribution in [3.05, 3.63) is 101 Å². The first-order chi connectivity index (χ1) is 19.3. The minimum absolute atomic E-state index is 0.0212. The molecule has 1 saturated heterocycles. The van der Waals surface area contributed by atoms with Gasteiger partial charge in [-0.15, -0.1) is 0 Å². The van der Waals surface area contributed by atoms with Gasteiger partial charge in [-0.05, 0) is 36.2 Å². The van der Waals surface area contributed by atoms with Crippen LogP contribution in [0.25, 0.3) is 10.9 Å². The Hall–Kier alpha value is -4.57. The van der Waals surface area contributed by atoms with E-state index in [9.17, 15) is 24.3 Å². The molecule has 4 amide bonds. The number of urea groups is 1. The Morgan fingerprint density at radius 1 is 1.05 bits per heavy atom. The van der Waals surface area contributed by atoms with Crippen LogP contribution in [0.3, 0.4) is 0 Å². The Labute approximate surface area is 235 Å². The topological polar surface area (TPSA) is 123 Å². The summed E-state index contributed by atoms with van der Waals surface area (Å²) in [5.41, 5.74) is 4.82. The highest BCUT2D eigenvalue weighted by atomic mass is 32.1. The molecule has 40 heavy (non-hydrogen) atoms. The quantitative estimate of drug-likeness (QED) is 0.211. The number of carbonyl (C=O) groups is 4. The van der Waals surface area contributed by atoms with Crippen LogP contribution in [-0.4, -0.2) is 56.6 Å². The highest BCUT2D eigenvalue weighted by Crippen LogP contribution is 2.45. The van der Waals surface area contributed by atoms with Crippen LogP contribution < -0.4 is 10.2 Å². The van der Waals surface area contributed by atoms with E-state index in [0.717, 1.165) is 38.2 Å². The van der Waals surface area contributed by atoms with Gasteiger partial charge >= 0.3 is 12.0 Å². The molecule has 9 nitrogen and oxygen atoms in total. The summed E-state index contributed by atoms with van der Waals surface area (Å²) in [6, 6.07) is 18.8. The molecule has 6 rings (SSSR count). The minimum atomic E-state index is -1.24. The number of benzene rings is 3. The lowest BCUT2D eigenvalue weighted by Gasteiger charge is -2.36. The Balaban J connectivity index is 1.45. The number of para-hydroxylation sites is 2. The van der Waals surface area contributed by atoms with Crippen LogP contribution in [0.1, 0.15) is 38.8 Å². The number of aromatic amines is 1. The summed E-state index contributed by atoms with van der Waals surface area (Å²) < 4.78 is 0. The van der Waals surface area contributed by atoms with Crippen LogP contribution in [0.2, 0.25) is 0 Å². The molecule has 0 saturated carbocycles. The smallest absolute Gasteiger partial charge is 0.332 e. The second-order valence-electron chi connectivity index (χ2n) is 10.0. The third kappa shape index (κ3) is 4.03. The van der Waals surface area contributed by atoms with E-state index < -0.39 is 41.9 Å². The standard InChI is InChI=1S/C30H26N4O5S/c1-16-10-12-17(13-11-16)26-25-20(18-6-2-4-8-21(18)31-25)14-24-28(36)34(30(39)33(24)26)23-9-5-3-7-19(23)27(35)32-22(15-40)29(37)38/h2-13,22,24,26,31,40H,14-15H2,1H3,(H,32,35)(H,37,38). The third-order valence-corrected chi connectivity index (χ3v) is 7.98. The van der Waals surface area contributed by atoms with Crippen molar-refractivity contribution >= 4 is 53.0 Å². The Kier molecular flexibility index (Phi) is 6.34. The number of aryl methyl sites for hydroxylation is 1. The molecule has 3 unspecified atom stereocenters. The highest BCUT2D eigenvalue weighted by molar-refractivity contribution is 7.80. The van der Waals surface area contributed by atoms with Gasteiger partial charge in [-0.3, -0.25) is 14.5 Å². The first-order valence-corrected chi connectivity index (χ1v) is 13.5. The number of imide groups is 1. The minimum Gasteiger partial charge on any atom is -0.480 e. The second kappa shape index (κ2) is 9.87. The van der Waals surface area contributed by atoms with Crippen molar-refractivity contribution in [3.63, 3.8) is 0 Å². The third-order valence-electron chi connectivity index (χ3n) is 7.62. The number of carboxylic acid groups (broad SMARTS) is 1. The molecule has 3 N–H and O–H groups in total. The molecular formula is C30H26N4O5S. The fraction of sp³-hybridized carbons (Fsp3) is 0.200. The number of H-pyrrole nitrogens is 1. The number of carbonyl (C=O) groups excluding carboxylic acids is 3. The van der Waals surface area contributed by atoms with Gasteiger partial charge in [0.2, 0.25) is 0 Å². The van der Waals surface area contributed by atoms with Gasteiger partial charge in [-0.2, -0.15) is 12.6 Å². The first kappa shape index (κ1) is 25.7. The Morgan fingerprint density at radius 3 is 2.48 bits per heavy atom.